The van der Waals surface area contributed by atoms with Gasteiger partial charge in [0.05, 0.1) is 12.4 Å². The first kappa shape index (κ1) is 36.6. The van der Waals surface area contributed by atoms with E-state index in [0.717, 1.165) is 11.1 Å². The minimum Gasteiger partial charge on any atom is -0.484 e. The van der Waals surface area contributed by atoms with E-state index in [2.05, 4.69) is 26.6 Å². The van der Waals surface area contributed by atoms with Crippen LogP contribution in [0.5, 0.6) is 5.75 Å². The van der Waals surface area contributed by atoms with E-state index < -0.39 is 78.4 Å². The van der Waals surface area contributed by atoms with E-state index in [1.54, 1.807) is 54.6 Å². The van der Waals surface area contributed by atoms with Gasteiger partial charge in [0.25, 0.3) is 11.8 Å². The minimum atomic E-state index is -1.49. The Balaban J connectivity index is 1.45. The Kier molecular flexibility index (Phi) is 12.1. The molecule has 0 aliphatic carbocycles. The van der Waals surface area contributed by atoms with Crippen LogP contribution in [0.1, 0.15) is 41.9 Å². The van der Waals surface area contributed by atoms with Crippen molar-refractivity contribution in [2.24, 2.45) is 0 Å². The number of nitrogens with zero attached hydrogens (tertiary/aromatic N) is 1. The fourth-order valence-corrected chi connectivity index (χ4v) is 5.99. The summed E-state index contributed by atoms with van der Waals surface area (Å²) in [6.07, 6.45) is 0.450. The highest BCUT2D eigenvalue weighted by molar-refractivity contribution is 5.97. The summed E-state index contributed by atoms with van der Waals surface area (Å²) in [6.45, 7) is 2.54. The van der Waals surface area contributed by atoms with Crippen molar-refractivity contribution in [1.29, 1.82) is 0 Å². The molecule has 3 aromatic rings. The van der Waals surface area contributed by atoms with E-state index in [-0.39, 0.29) is 31.7 Å². The average molecular weight is 703 g/mol. The van der Waals surface area contributed by atoms with Gasteiger partial charge in [0.15, 0.2) is 12.4 Å². The molecule has 2 bridgehead atoms. The SMILES string of the molecule is C[C@@H]1NC(=O)[C@H]([C@@H](C)O)NC(=O)[C@@H]2C[C@H](NC(=O)c3ccco3)CN2C(=O)[C@H](Cc2ccccc2)NC(=O)COc2ccc(cc2)CCNC1=O. The van der Waals surface area contributed by atoms with Crippen LogP contribution in [0.15, 0.2) is 77.4 Å². The molecule has 15 heteroatoms. The van der Waals surface area contributed by atoms with Crippen molar-refractivity contribution in [3.63, 3.8) is 0 Å². The topological polar surface area (TPSA) is 208 Å². The first-order chi connectivity index (χ1) is 24.5. The van der Waals surface area contributed by atoms with E-state index >= 15 is 0 Å². The molecule has 6 amide bonds. The van der Waals surface area contributed by atoms with E-state index in [4.69, 9.17) is 9.15 Å². The number of carbonyl (C=O) groups is 6. The number of aliphatic hydroxyl groups excluding tert-OH is 1. The summed E-state index contributed by atoms with van der Waals surface area (Å²) in [7, 11) is 0. The van der Waals surface area contributed by atoms with Gasteiger partial charge in [-0.3, -0.25) is 28.8 Å². The van der Waals surface area contributed by atoms with Crippen molar-refractivity contribution in [2.45, 2.75) is 69.4 Å². The molecule has 4 heterocycles. The number of furan rings is 1. The van der Waals surface area contributed by atoms with Gasteiger partial charge in [0, 0.05) is 25.6 Å². The van der Waals surface area contributed by atoms with Crippen molar-refractivity contribution >= 4 is 35.4 Å². The third-order valence-corrected chi connectivity index (χ3v) is 8.70. The quantitative estimate of drug-likeness (QED) is 0.195. The van der Waals surface area contributed by atoms with Crippen LogP contribution in [0.2, 0.25) is 0 Å². The number of carbonyl (C=O) groups excluding carboxylic acids is 6. The number of aliphatic hydroxyl groups is 1. The van der Waals surface area contributed by atoms with Gasteiger partial charge >= 0.3 is 0 Å². The number of hydrogen-bond donors (Lipinski definition) is 6. The fraction of sp³-hybridized carbons (Fsp3) is 0.389. The van der Waals surface area contributed by atoms with Crippen LogP contribution in [0.4, 0.5) is 0 Å². The smallest absolute Gasteiger partial charge is 0.287 e. The van der Waals surface area contributed by atoms with Crippen LogP contribution >= 0.6 is 0 Å². The molecule has 0 radical (unpaired) electrons. The van der Waals surface area contributed by atoms with Gasteiger partial charge in [0.1, 0.15) is 29.9 Å². The summed E-state index contributed by atoms with van der Waals surface area (Å²) < 4.78 is 10.9. The summed E-state index contributed by atoms with van der Waals surface area (Å²) in [5.74, 6) is -3.38. The second kappa shape index (κ2) is 16.8. The molecule has 51 heavy (non-hydrogen) atoms. The number of ether oxygens (including phenoxy) is 1. The molecular formula is C36H42N6O9. The molecule has 0 spiro atoms. The zero-order chi connectivity index (χ0) is 36.5. The maximum Gasteiger partial charge on any atom is 0.287 e. The third-order valence-electron chi connectivity index (χ3n) is 8.70. The minimum absolute atomic E-state index is 0.0315. The van der Waals surface area contributed by atoms with Gasteiger partial charge in [-0.1, -0.05) is 42.5 Å². The number of amides is 6. The largest absolute Gasteiger partial charge is 0.484 e. The normalized spacial score (nSPS) is 24.4. The molecule has 6 atom stereocenters. The molecule has 3 aliphatic heterocycles. The van der Waals surface area contributed by atoms with Gasteiger partial charge in [-0.15, -0.1) is 0 Å². The van der Waals surface area contributed by atoms with E-state index in [0.29, 0.717) is 12.2 Å². The number of nitrogens with one attached hydrogen (secondary N) is 5. The number of rotatable bonds is 5. The highest BCUT2D eigenvalue weighted by Gasteiger charge is 2.44. The molecule has 1 fully saturated rings. The Morgan fingerprint density at radius 3 is 2.37 bits per heavy atom. The Morgan fingerprint density at radius 1 is 0.941 bits per heavy atom. The van der Waals surface area contributed by atoms with E-state index in [1.807, 2.05) is 6.07 Å². The molecule has 15 nitrogen and oxygen atoms in total. The Hall–Kier alpha value is -5.70. The summed E-state index contributed by atoms with van der Waals surface area (Å²) >= 11 is 0. The maximum absolute atomic E-state index is 14.4. The van der Waals surface area contributed by atoms with Crippen LogP contribution in [0.25, 0.3) is 0 Å². The van der Waals surface area contributed by atoms with Crippen molar-refractivity contribution in [1.82, 2.24) is 31.5 Å². The molecule has 6 N–H and O–H groups in total. The van der Waals surface area contributed by atoms with Gasteiger partial charge in [-0.25, -0.2) is 0 Å². The van der Waals surface area contributed by atoms with Gasteiger partial charge < -0.3 is 45.7 Å². The summed E-state index contributed by atoms with van der Waals surface area (Å²) in [4.78, 5) is 81.7. The molecule has 0 saturated carbocycles. The molecule has 270 valence electrons. The van der Waals surface area contributed by atoms with Crippen LogP contribution in [-0.2, 0) is 36.8 Å². The lowest BCUT2D eigenvalue weighted by atomic mass is 10.0. The van der Waals surface area contributed by atoms with Crippen LogP contribution in [0.3, 0.4) is 0 Å². The number of benzene rings is 2. The van der Waals surface area contributed by atoms with Crippen molar-refractivity contribution in [3.8, 4) is 5.75 Å². The molecule has 2 aromatic carbocycles. The fourth-order valence-electron chi connectivity index (χ4n) is 5.99. The van der Waals surface area contributed by atoms with Crippen molar-refractivity contribution in [2.75, 3.05) is 19.7 Å². The van der Waals surface area contributed by atoms with Crippen LogP contribution in [-0.4, -0.2) is 101 Å². The second-order valence-electron chi connectivity index (χ2n) is 12.6. The third kappa shape index (κ3) is 9.72. The van der Waals surface area contributed by atoms with E-state index in [9.17, 15) is 33.9 Å². The van der Waals surface area contributed by atoms with Gasteiger partial charge in [-0.2, -0.15) is 0 Å². The lowest BCUT2D eigenvalue weighted by Gasteiger charge is -2.30. The summed E-state index contributed by atoms with van der Waals surface area (Å²) in [5, 5.41) is 23.9. The number of fused-ring (bicyclic) bond motifs is 16. The Labute approximate surface area is 294 Å². The highest BCUT2D eigenvalue weighted by atomic mass is 16.5. The van der Waals surface area contributed by atoms with Crippen molar-refractivity contribution < 1.29 is 43.0 Å². The molecule has 1 saturated heterocycles. The van der Waals surface area contributed by atoms with E-state index in [1.165, 1.54) is 31.1 Å². The molecule has 6 rings (SSSR count). The average Bonchev–Trinajstić information content (AvgIpc) is 3.81. The van der Waals surface area contributed by atoms with Crippen LogP contribution in [0, 0.1) is 0 Å². The molecule has 1 aromatic heterocycles. The standard InChI is InChI=1S/C36H42N6O9/c1-21-32(45)37-15-14-23-10-12-26(13-11-23)51-20-30(44)40-27(17-24-7-4-3-5-8-24)36(49)42-19-25(39-34(47)29-9-6-16-50-29)18-28(42)33(46)41-31(22(2)43)35(48)38-21/h3-13,16,21-22,25,27-28,31,43H,14-15,17-20H2,1-2H3,(H,37,45)(H,38,48)(H,39,47)(H,40,44)(H,41,46)/t21-,22+,25-,27-,28-,31-/m0/s1. The van der Waals surface area contributed by atoms with Crippen molar-refractivity contribution in [3.05, 3.63) is 89.9 Å². The predicted molar refractivity (Wildman–Crippen MR) is 182 cm³/mol. The predicted octanol–water partition coefficient (Wildman–Crippen LogP) is -0.172. The van der Waals surface area contributed by atoms with Gasteiger partial charge in [-0.05, 0) is 62.1 Å². The Morgan fingerprint density at radius 2 is 1.69 bits per heavy atom. The monoisotopic (exact) mass is 702 g/mol. The molecular weight excluding hydrogens is 660 g/mol. The lowest BCUT2D eigenvalue weighted by Crippen LogP contribution is -2.60. The zero-order valence-electron chi connectivity index (χ0n) is 28.3. The summed E-state index contributed by atoms with van der Waals surface area (Å²) in [6, 6.07) is 13.4. The number of hydrogen-bond acceptors (Lipinski definition) is 9. The molecule has 0 unspecified atom stereocenters. The Bertz CT molecular complexity index is 1700. The second-order valence-corrected chi connectivity index (χ2v) is 12.6. The lowest BCUT2D eigenvalue weighted by molar-refractivity contribution is -0.143. The maximum atomic E-state index is 14.4. The highest BCUT2D eigenvalue weighted by Crippen LogP contribution is 2.22. The van der Waals surface area contributed by atoms with Gasteiger partial charge in [0.2, 0.25) is 23.6 Å². The summed E-state index contributed by atoms with van der Waals surface area (Å²) in [5.41, 5.74) is 1.62. The van der Waals surface area contributed by atoms with Crippen LogP contribution < -0.4 is 31.3 Å². The first-order valence-corrected chi connectivity index (χ1v) is 16.7. The molecule has 3 aliphatic rings. The first-order valence-electron chi connectivity index (χ1n) is 16.7. The zero-order valence-corrected chi connectivity index (χ0v) is 28.3.